The van der Waals surface area contributed by atoms with E-state index in [1.807, 2.05) is 6.07 Å². The summed E-state index contributed by atoms with van der Waals surface area (Å²) in [7, 11) is 0. The van der Waals surface area contributed by atoms with Gasteiger partial charge < -0.3 is 10.1 Å². The van der Waals surface area contributed by atoms with E-state index in [2.05, 4.69) is 25.9 Å². The highest BCUT2D eigenvalue weighted by Crippen LogP contribution is 2.21. The first-order valence-electron chi connectivity index (χ1n) is 4.40. The molecule has 6 heteroatoms. The number of hydrogen-bond acceptors (Lipinski definition) is 3. The van der Waals surface area contributed by atoms with Crippen molar-refractivity contribution in [2.24, 2.45) is 0 Å². The first-order valence-corrected chi connectivity index (χ1v) is 5.19. The second kappa shape index (κ2) is 3.94. The first kappa shape index (κ1) is 10.6. The number of carboxylic acid groups (broad SMARTS) is 1. The molecule has 0 aliphatic rings. The first-order chi connectivity index (χ1) is 7.60. The molecule has 1 heterocycles. The van der Waals surface area contributed by atoms with E-state index in [4.69, 9.17) is 10.4 Å². The van der Waals surface area contributed by atoms with Gasteiger partial charge in [0.2, 0.25) is 0 Å². The number of rotatable bonds is 2. The van der Waals surface area contributed by atoms with Crippen LogP contribution in [-0.2, 0) is 11.2 Å². The van der Waals surface area contributed by atoms with Gasteiger partial charge in [-0.1, -0.05) is 0 Å². The molecule has 1 aromatic heterocycles. The Morgan fingerprint density at radius 2 is 2.38 bits per heavy atom. The van der Waals surface area contributed by atoms with E-state index in [1.54, 1.807) is 12.1 Å². The number of fused-ring (bicyclic) bond motifs is 1. The fourth-order valence-electron chi connectivity index (χ4n) is 1.51. The number of aliphatic carboxylic acids is 1. The number of aromatic nitrogens is 2. The summed E-state index contributed by atoms with van der Waals surface area (Å²) in [5.74, 6) is -0.929. The summed E-state index contributed by atoms with van der Waals surface area (Å²) in [5.41, 5.74) is 2.15. The quantitative estimate of drug-likeness (QED) is 0.878. The third-order valence-electron chi connectivity index (χ3n) is 2.09. The second-order valence-corrected chi connectivity index (χ2v) is 4.00. The lowest BCUT2D eigenvalue weighted by Gasteiger charge is -1.98. The van der Waals surface area contributed by atoms with Crippen molar-refractivity contribution in [3.05, 3.63) is 28.0 Å². The molecule has 2 aromatic rings. The third-order valence-corrected chi connectivity index (χ3v) is 2.47. The number of hydrogen-bond donors (Lipinski definition) is 2. The monoisotopic (exact) mass is 279 g/mol. The van der Waals surface area contributed by atoms with Gasteiger partial charge in [0.15, 0.2) is 4.73 Å². The lowest BCUT2D eigenvalue weighted by Crippen LogP contribution is -2.00. The van der Waals surface area contributed by atoms with Crippen molar-refractivity contribution in [1.29, 1.82) is 5.26 Å². The largest absolute Gasteiger partial charge is 0.481 e. The molecular formula is C10H6BrN3O2. The van der Waals surface area contributed by atoms with Crippen LogP contribution in [0.3, 0.4) is 0 Å². The highest BCUT2D eigenvalue weighted by Gasteiger charge is 2.10. The number of nitriles is 1. The van der Waals surface area contributed by atoms with Crippen LogP contribution >= 0.6 is 15.9 Å². The van der Waals surface area contributed by atoms with Crippen molar-refractivity contribution in [1.82, 2.24) is 9.97 Å². The summed E-state index contributed by atoms with van der Waals surface area (Å²) in [6.07, 6.45) is -0.110. The molecule has 2 N–H and O–H groups in total. The van der Waals surface area contributed by atoms with E-state index in [0.717, 1.165) is 0 Å². The van der Waals surface area contributed by atoms with Gasteiger partial charge in [-0.25, -0.2) is 4.98 Å². The predicted octanol–water partition coefficient (Wildman–Crippen LogP) is 1.82. The SMILES string of the molecule is N#Cc1cc(CC(=O)O)cc2[nH]c(Br)nc12. The van der Waals surface area contributed by atoms with Gasteiger partial charge in [-0.05, 0) is 33.6 Å². The van der Waals surface area contributed by atoms with Gasteiger partial charge in [-0.15, -0.1) is 0 Å². The molecule has 0 aliphatic heterocycles. The van der Waals surface area contributed by atoms with Crippen molar-refractivity contribution in [3.8, 4) is 6.07 Å². The number of nitrogens with one attached hydrogen (secondary N) is 1. The number of nitrogens with zero attached hydrogens (tertiary/aromatic N) is 2. The summed E-state index contributed by atoms with van der Waals surface area (Å²) in [6, 6.07) is 5.23. The highest BCUT2D eigenvalue weighted by molar-refractivity contribution is 9.10. The summed E-state index contributed by atoms with van der Waals surface area (Å²) in [4.78, 5) is 17.6. The van der Waals surface area contributed by atoms with Crippen molar-refractivity contribution >= 4 is 32.9 Å². The Balaban J connectivity index is 2.63. The molecule has 0 unspecified atom stereocenters. The Morgan fingerprint density at radius 1 is 1.62 bits per heavy atom. The zero-order chi connectivity index (χ0) is 11.7. The average Bonchev–Trinajstić information content (AvgIpc) is 2.56. The Hall–Kier alpha value is -1.87. The number of H-pyrrole nitrogens is 1. The average molecular weight is 280 g/mol. The van der Waals surface area contributed by atoms with Crippen LogP contribution in [0.4, 0.5) is 0 Å². The number of benzene rings is 1. The van der Waals surface area contributed by atoms with Crippen LogP contribution in [-0.4, -0.2) is 21.0 Å². The molecule has 80 valence electrons. The summed E-state index contributed by atoms with van der Waals surface area (Å²) >= 11 is 3.17. The lowest BCUT2D eigenvalue weighted by molar-refractivity contribution is -0.136. The van der Waals surface area contributed by atoms with Gasteiger partial charge in [0, 0.05) is 0 Å². The number of imidazole rings is 1. The third kappa shape index (κ3) is 1.90. The molecule has 0 saturated carbocycles. The maximum atomic E-state index is 10.6. The Morgan fingerprint density at radius 3 is 3.00 bits per heavy atom. The van der Waals surface area contributed by atoms with Gasteiger partial charge in [-0.2, -0.15) is 5.26 Å². The minimum absolute atomic E-state index is 0.110. The van der Waals surface area contributed by atoms with E-state index in [1.165, 1.54) is 0 Å². The van der Waals surface area contributed by atoms with Crippen LogP contribution in [0.25, 0.3) is 11.0 Å². The van der Waals surface area contributed by atoms with Crippen molar-refractivity contribution < 1.29 is 9.90 Å². The smallest absolute Gasteiger partial charge is 0.307 e. The highest BCUT2D eigenvalue weighted by atomic mass is 79.9. The van der Waals surface area contributed by atoms with Gasteiger partial charge >= 0.3 is 5.97 Å². The summed E-state index contributed by atoms with van der Waals surface area (Å²) in [6.45, 7) is 0. The van der Waals surface area contributed by atoms with E-state index in [0.29, 0.717) is 26.9 Å². The van der Waals surface area contributed by atoms with Crippen LogP contribution < -0.4 is 0 Å². The summed E-state index contributed by atoms with van der Waals surface area (Å²) < 4.78 is 0.520. The summed E-state index contributed by atoms with van der Waals surface area (Å²) in [5, 5.41) is 17.6. The van der Waals surface area contributed by atoms with Gasteiger partial charge in [0.25, 0.3) is 0 Å². The van der Waals surface area contributed by atoms with Crippen LogP contribution in [0.5, 0.6) is 0 Å². The van der Waals surface area contributed by atoms with Crippen molar-refractivity contribution in [2.45, 2.75) is 6.42 Å². The minimum Gasteiger partial charge on any atom is -0.481 e. The number of aromatic amines is 1. The molecule has 0 fully saturated rings. The molecule has 0 radical (unpaired) electrons. The molecule has 2 rings (SSSR count). The minimum atomic E-state index is -0.929. The zero-order valence-corrected chi connectivity index (χ0v) is 9.58. The number of carboxylic acids is 1. The Kier molecular flexibility index (Phi) is 2.62. The normalized spacial score (nSPS) is 10.2. The molecule has 0 atom stereocenters. The lowest BCUT2D eigenvalue weighted by atomic mass is 10.1. The number of carbonyl (C=O) groups is 1. The fraction of sp³-hybridized carbons (Fsp3) is 0.100. The molecule has 0 spiro atoms. The molecular weight excluding hydrogens is 274 g/mol. The van der Waals surface area contributed by atoms with Gasteiger partial charge in [-0.3, -0.25) is 4.79 Å². The van der Waals surface area contributed by atoms with Crippen LogP contribution in [0.2, 0.25) is 0 Å². The fourth-order valence-corrected chi connectivity index (χ4v) is 1.90. The van der Waals surface area contributed by atoms with Crippen molar-refractivity contribution in [2.75, 3.05) is 0 Å². The molecule has 0 saturated heterocycles. The molecule has 0 aliphatic carbocycles. The topological polar surface area (TPSA) is 89.8 Å². The van der Waals surface area contributed by atoms with E-state index >= 15 is 0 Å². The Labute approximate surface area is 98.9 Å². The van der Waals surface area contributed by atoms with E-state index in [9.17, 15) is 4.79 Å². The van der Waals surface area contributed by atoms with Gasteiger partial charge in [0.05, 0.1) is 17.5 Å². The second-order valence-electron chi connectivity index (χ2n) is 3.25. The molecule has 16 heavy (non-hydrogen) atoms. The molecule has 0 bridgehead atoms. The molecule has 5 nitrogen and oxygen atoms in total. The Bertz CT molecular complexity index is 612. The maximum absolute atomic E-state index is 10.6. The zero-order valence-electron chi connectivity index (χ0n) is 7.99. The van der Waals surface area contributed by atoms with E-state index < -0.39 is 5.97 Å². The van der Waals surface area contributed by atoms with E-state index in [-0.39, 0.29) is 6.42 Å². The standard InChI is InChI=1S/C10H6BrN3O2/c11-10-13-7-2-5(3-8(15)16)1-6(4-12)9(7)14-10/h1-2H,3H2,(H,13,14)(H,15,16). The van der Waals surface area contributed by atoms with Gasteiger partial charge in [0.1, 0.15) is 11.6 Å². The molecule has 0 amide bonds. The van der Waals surface area contributed by atoms with Crippen LogP contribution in [0.1, 0.15) is 11.1 Å². The predicted molar refractivity (Wildman–Crippen MR) is 59.8 cm³/mol. The number of halogens is 1. The van der Waals surface area contributed by atoms with Crippen LogP contribution in [0.15, 0.2) is 16.9 Å². The van der Waals surface area contributed by atoms with Crippen LogP contribution in [0, 0.1) is 11.3 Å². The van der Waals surface area contributed by atoms with Crippen molar-refractivity contribution in [3.63, 3.8) is 0 Å². The maximum Gasteiger partial charge on any atom is 0.307 e. The molecule has 1 aromatic carbocycles.